The molecule has 3 rings (SSSR count). The third-order valence-electron chi connectivity index (χ3n) is 5.56. The number of benzene rings is 2. The van der Waals surface area contributed by atoms with Crippen LogP contribution in [0.4, 0.5) is 0 Å². The molecule has 0 saturated carbocycles. The number of halogens is 1. The maximum atomic E-state index is 12.6. The fourth-order valence-electron chi connectivity index (χ4n) is 4.00. The van der Waals surface area contributed by atoms with E-state index in [2.05, 4.69) is 16.9 Å². The molecule has 0 aliphatic heterocycles. The molecule has 8 heteroatoms. The Bertz CT molecular complexity index is 1000. The Morgan fingerprint density at radius 2 is 1.71 bits per heavy atom. The molecule has 0 radical (unpaired) electrons. The molecule has 2 N–H and O–H groups in total. The minimum atomic E-state index is -3.59. The van der Waals surface area contributed by atoms with Crippen molar-refractivity contribution in [2.75, 3.05) is 6.54 Å². The van der Waals surface area contributed by atoms with Gasteiger partial charge in [0.05, 0.1) is 4.90 Å². The molecule has 0 spiro atoms. The molecule has 0 saturated heterocycles. The summed E-state index contributed by atoms with van der Waals surface area (Å²) >= 11 is 5.85. The quantitative estimate of drug-likeness (QED) is 0.408. The number of allylic oxidation sites excluding steroid dienone is 2. The Morgan fingerprint density at radius 1 is 1.10 bits per heavy atom. The summed E-state index contributed by atoms with van der Waals surface area (Å²) in [5, 5.41) is 9.28. The number of carboxylic acid groups (broad SMARTS) is 1. The van der Waals surface area contributed by atoms with Gasteiger partial charge in [-0.25, -0.2) is 13.1 Å². The Labute approximate surface area is 212 Å². The molecule has 31 heavy (non-hydrogen) atoms. The number of fused-ring (bicyclic) bond motifs is 1. The van der Waals surface area contributed by atoms with Crippen LogP contribution in [0.25, 0.3) is 0 Å². The fourth-order valence-corrected chi connectivity index (χ4v) is 5.16. The smallest absolute Gasteiger partial charge is 1.00 e. The second-order valence-corrected chi connectivity index (χ2v) is 10.0. The van der Waals surface area contributed by atoms with E-state index in [1.54, 1.807) is 12.1 Å². The van der Waals surface area contributed by atoms with Crippen molar-refractivity contribution in [1.29, 1.82) is 0 Å². The van der Waals surface area contributed by atoms with Gasteiger partial charge in [0.1, 0.15) is 0 Å². The maximum Gasteiger partial charge on any atom is 1.00 e. The average molecular weight is 472 g/mol. The number of carbonyl (C=O) groups is 1. The van der Waals surface area contributed by atoms with Crippen molar-refractivity contribution in [3.05, 3.63) is 76.8 Å². The van der Waals surface area contributed by atoms with Crippen LogP contribution in [0.2, 0.25) is 5.02 Å². The van der Waals surface area contributed by atoms with E-state index in [-0.39, 0.29) is 47.7 Å². The summed E-state index contributed by atoms with van der Waals surface area (Å²) in [5.74, 6) is -0.806. The molecular formula is C23H27ClNNaO4S. The zero-order valence-corrected chi connectivity index (χ0v) is 21.3. The summed E-state index contributed by atoms with van der Waals surface area (Å²) in [5.41, 5.74) is 2.53. The van der Waals surface area contributed by atoms with Gasteiger partial charge in [-0.1, -0.05) is 48.0 Å². The predicted molar refractivity (Wildman–Crippen MR) is 119 cm³/mol. The number of hydrogen-bond donors (Lipinski definition) is 2. The molecule has 0 atom stereocenters. The van der Waals surface area contributed by atoms with Crippen molar-refractivity contribution in [1.82, 2.24) is 4.72 Å². The first-order valence-corrected chi connectivity index (χ1v) is 11.8. The topological polar surface area (TPSA) is 83.5 Å². The SMILES string of the molecule is O=C(O)CC/C=C\CC1(CCNS(=O)(=O)c2ccc(Cl)cc2)Cc2ccccc2C1.[H-].[Na+]. The van der Waals surface area contributed by atoms with Crippen LogP contribution < -0.4 is 34.3 Å². The van der Waals surface area contributed by atoms with Gasteiger partial charge in [-0.3, -0.25) is 4.79 Å². The minimum absolute atomic E-state index is 0. The van der Waals surface area contributed by atoms with Gasteiger partial charge in [-0.05, 0) is 72.9 Å². The van der Waals surface area contributed by atoms with Gasteiger partial charge in [0.15, 0.2) is 0 Å². The molecule has 0 fully saturated rings. The van der Waals surface area contributed by atoms with Crippen molar-refractivity contribution in [3.63, 3.8) is 0 Å². The number of aliphatic carboxylic acids is 1. The van der Waals surface area contributed by atoms with Gasteiger partial charge < -0.3 is 6.53 Å². The zero-order valence-electron chi connectivity index (χ0n) is 18.7. The third-order valence-corrected chi connectivity index (χ3v) is 7.29. The summed E-state index contributed by atoms with van der Waals surface area (Å²) in [4.78, 5) is 10.9. The molecule has 0 aromatic heterocycles. The molecule has 2 aromatic rings. The van der Waals surface area contributed by atoms with Crippen LogP contribution in [0.5, 0.6) is 0 Å². The summed E-state index contributed by atoms with van der Waals surface area (Å²) in [6.45, 7) is 0.335. The minimum Gasteiger partial charge on any atom is -1.00 e. The van der Waals surface area contributed by atoms with Crippen molar-refractivity contribution in [2.24, 2.45) is 5.41 Å². The van der Waals surface area contributed by atoms with E-state index in [1.807, 2.05) is 24.3 Å². The van der Waals surface area contributed by atoms with Crippen molar-refractivity contribution in [2.45, 2.75) is 43.4 Å². The van der Waals surface area contributed by atoms with E-state index in [0.29, 0.717) is 24.4 Å². The van der Waals surface area contributed by atoms with Gasteiger partial charge in [0.25, 0.3) is 0 Å². The van der Waals surface area contributed by atoms with E-state index >= 15 is 0 Å². The van der Waals surface area contributed by atoms with Gasteiger partial charge in [0.2, 0.25) is 10.0 Å². The molecule has 0 amide bonds. The second-order valence-electron chi connectivity index (χ2n) is 7.83. The average Bonchev–Trinajstić information content (AvgIpc) is 3.06. The Morgan fingerprint density at radius 3 is 2.29 bits per heavy atom. The Hall–Kier alpha value is -1.15. The molecule has 2 aromatic carbocycles. The third kappa shape index (κ3) is 7.45. The molecule has 0 bridgehead atoms. The van der Waals surface area contributed by atoms with Gasteiger partial charge in [-0.2, -0.15) is 0 Å². The van der Waals surface area contributed by atoms with Crippen LogP contribution in [0.15, 0.2) is 65.6 Å². The molecule has 0 unspecified atom stereocenters. The number of nitrogens with one attached hydrogen (secondary N) is 1. The summed E-state index contributed by atoms with van der Waals surface area (Å²) in [6.07, 6.45) is 7.82. The fraction of sp³-hybridized carbons (Fsp3) is 0.348. The first-order valence-electron chi connectivity index (χ1n) is 9.99. The first kappa shape index (κ1) is 26.1. The van der Waals surface area contributed by atoms with Crippen LogP contribution in [0.3, 0.4) is 0 Å². The van der Waals surface area contributed by atoms with E-state index in [1.165, 1.54) is 23.3 Å². The Kier molecular flexibility index (Phi) is 9.80. The zero-order chi connectivity index (χ0) is 21.6. The molecule has 5 nitrogen and oxygen atoms in total. The molecule has 0 heterocycles. The first-order chi connectivity index (χ1) is 14.3. The molecule has 1 aliphatic rings. The summed E-state index contributed by atoms with van der Waals surface area (Å²) < 4.78 is 27.9. The number of hydrogen-bond acceptors (Lipinski definition) is 3. The number of sulfonamides is 1. The van der Waals surface area contributed by atoms with Crippen LogP contribution >= 0.6 is 11.6 Å². The number of carboxylic acids is 1. The van der Waals surface area contributed by atoms with E-state index in [0.717, 1.165) is 19.3 Å². The van der Waals surface area contributed by atoms with Crippen LogP contribution in [-0.2, 0) is 27.7 Å². The van der Waals surface area contributed by atoms with Crippen molar-refractivity contribution in [3.8, 4) is 0 Å². The van der Waals surface area contributed by atoms with Crippen molar-refractivity contribution < 1.29 is 49.3 Å². The molecular weight excluding hydrogens is 445 g/mol. The van der Waals surface area contributed by atoms with E-state index < -0.39 is 16.0 Å². The predicted octanol–water partition coefficient (Wildman–Crippen LogP) is 1.72. The van der Waals surface area contributed by atoms with Gasteiger partial charge in [0, 0.05) is 18.0 Å². The van der Waals surface area contributed by atoms with E-state index in [4.69, 9.17) is 16.7 Å². The second kappa shape index (κ2) is 11.6. The molecule has 162 valence electrons. The summed E-state index contributed by atoms with van der Waals surface area (Å²) in [7, 11) is -3.59. The summed E-state index contributed by atoms with van der Waals surface area (Å²) in [6, 6.07) is 14.4. The van der Waals surface area contributed by atoms with Crippen molar-refractivity contribution >= 4 is 27.6 Å². The molecule has 1 aliphatic carbocycles. The largest absolute Gasteiger partial charge is 1.00 e. The number of rotatable bonds is 10. The van der Waals surface area contributed by atoms with Gasteiger partial charge in [-0.15, -0.1) is 0 Å². The Balaban J connectivity index is 0.00000256. The normalized spacial score (nSPS) is 14.9. The van der Waals surface area contributed by atoms with Crippen LogP contribution in [0, 0.1) is 5.41 Å². The van der Waals surface area contributed by atoms with Crippen LogP contribution in [0.1, 0.15) is 38.2 Å². The monoisotopic (exact) mass is 471 g/mol. The standard InChI is InChI=1S/C23H26ClNO4S.Na.H/c24-20-9-11-21(12-10-20)30(28,29)25-15-14-23(13-5-1-2-8-22(26)27)16-18-6-3-4-7-19(18)17-23;;/h1,3-7,9-12,25H,2,8,13-17H2,(H,26,27);;/q;+1;-1/b5-1-;;. The van der Waals surface area contributed by atoms with Crippen LogP contribution in [-0.4, -0.2) is 26.0 Å². The maximum absolute atomic E-state index is 12.6. The van der Waals surface area contributed by atoms with Gasteiger partial charge >= 0.3 is 35.5 Å². The van der Waals surface area contributed by atoms with E-state index in [9.17, 15) is 13.2 Å².